The summed E-state index contributed by atoms with van der Waals surface area (Å²) in [6, 6.07) is 10.5. The van der Waals surface area contributed by atoms with E-state index in [-0.39, 0.29) is 25.6 Å². The summed E-state index contributed by atoms with van der Waals surface area (Å²) >= 11 is 3.32. The molecule has 0 atom stereocenters. The van der Waals surface area contributed by atoms with Crippen LogP contribution in [0.2, 0.25) is 0 Å². The van der Waals surface area contributed by atoms with Crippen molar-refractivity contribution in [3.05, 3.63) is 52.0 Å². The van der Waals surface area contributed by atoms with Crippen LogP contribution < -0.4 is 14.2 Å². The summed E-state index contributed by atoms with van der Waals surface area (Å²) < 4.78 is 21.4. The molecule has 7 heteroatoms. The van der Waals surface area contributed by atoms with Crippen molar-refractivity contribution in [1.82, 2.24) is 0 Å². The topological polar surface area (TPSA) is 71.1 Å². The van der Waals surface area contributed by atoms with Gasteiger partial charge in [0.05, 0.1) is 11.6 Å². The maximum Gasteiger partial charge on any atom is 0.306 e. The Balaban J connectivity index is 1.48. The molecule has 6 nitrogen and oxygen atoms in total. The Morgan fingerprint density at radius 3 is 2.69 bits per heavy atom. The third-order valence-electron chi connectivity index (χ3n) is 3.89. The molecule has 0 saturated carbocycles. The van der Waals surface area contributed by atoms with E-state index < -0.39 is 5.97 Å². The number of ether oxygens (including phenoxy) is 4. The molecular weight excluding hydrogens is 404 g/mol. The van der Waals surface area contributed by atoms with Gasteiger partial charge >= 0.3 is 5.97 Å². The summed E-state index contributed by atoms with van der Waals surface area (Å²) in [5.74, 6) is 1.30. The summed E-state index contributed by atoms with van der Waals surface area (Å²) in [6.45, 7) is -0.0802. The molecule has 0 spiro atoms. The fourth-order valence-corrected chi connectivity index (χ4v) is 3.02. The normalized spacial score (nSPS) is 11.9. The molecule has 1 heterocycles. The molecule has 0 radical (unpaired) electrons. The van der Waals surface area contributed by atoms with Crippen LogP contribution in [0.1, 0.15) is 22.3 Å². The second kappa shape index (κ2) is 8.23. The number of aryl methyl sites for hydroxylation is 1. The maximum atomic E-state index is 12.1. The summed E-state index contributed by atoms with van der Waals surface area (Å²) in [7, 11) is 1.55. The molecule has 0 fully saturated rings. The molecule has 0 N–H and O–H groups in total. The Morgan fingerprint density at radius 1 is 1.12 bits per heavy atom. The van der Waals surface area contributed by atoms with Crippen molar-refractivity contribution >= 4 is 27.7 Å². The first-order valence-electron chi connectivity index (χ1n) is 7.97. The zero-order valence-electron chi connectivity index (χ0n) is 14.1. The molecule has 1 aliphatic rings. The van der Waals surface area contributed by atoms with E-state index >= 15 is 0 Å². The zero-order valence-corrected chi connectivity index (χ0v) is 15.7. The second-order valence-electron chi connectivity index (χ2n) is 5.62. The zero-order chi connectivity index (χ0) is 18.5. The smallest absolute Gasteiger partial charge is 0.306 e. The number of fused-ring (bicyclic) bond motifs is 1. The third-order valence-corrected chi connectivity index (χ3v) is 4.51. The number of Topliss-reactive ketones (excluding diaryl/α,β-unsaturated/α-hetero) is 1. The Hall–Kier alpha value is -2.54. The number of benzene rings is 2. The summed E-state index contributed by atoms with van der Waals surface area (Å²) in [5.41, 5.74) is 1.39. The summed E-state index contributed by atoms with van der Waals surface area (Å²) in [6.07, 6.45) is 0.678. The number of hydrogen-bond donors (Lipinski definition) is 0. The summed E-state index contributed by atoms with van der Waals surface area (Å²) in [5, 5.41) is 0. The molecule has 0 amide bonds. The highest BCUT2D eigenvalue weighted by atomic mass is 79.9. The predicted molar refractivity (Wildman–Crippen MR) is 96.9 cm³/mol. The van der Waals surface area contributed by atoms with Gasteiger partial charge in [0, 0.05) is 12.0 Å². The van der Waals surface area contributed by atoms with Crippen LogP contribution in [0.3, 0.4) is 0 Å². The number of esters is 1. The van der Waals surface area contributed by atoms with E-state index in [1.54, 1.807) is 25.3 Å². The minimum absolute atomic E-state index is 0.180. The molecule has 2 aromatic carbocycles. The maximum absolute atomic E-state index is 12.1. The lowest BCUT2D eigenvalue weighted by Crippen LogP contribution is -2.14. The predicted octanol–water partition coefficient (Wildman–Crippen LogP) is 3.55. The SMILES string of the molecule is COc1ccc(C(=O)COC(=O)CCc2ccc3c(c2)OCO3)cc1Br. The molecule has 0 bridgehead atoms. The van der Waals surface area contributed by atoms with Gasteiger partial charge in [-0.3, -0.25) is 9.59 Å². The molecule has 0 aromatic heterocycles. The number of ketones is 1. The number of rotatable bonds is 7. The molecule has 0 aliphatic carbocycles. The minimum atomic E-state index is -0.427. The lowest BCUT2D eigenvalue weighted by molar-refractivity contribution is -0.142. The van der Waals surface area contributed by atoms with Gasteiger partial charge in [-0.15, -0.1) is 0 Å². The Labute approximate surface area is 159 Å². The van der Waals surface area contributed by atoms with Gasteiger partial charge in [0.2, 0.25) is 6.79 Å². The standard InChI is InChI=1S/C19H17BrO6/c1-23-16-6-4-13(9-14(16)20)15(21)10-24-19(22)7-3-12-2-5-17-18(8-12)26-11-25-17/h2,4-6,8-9H,3,7,10-11H2,1H3. The van der Waals surface area contributed by atoms with Crippen molar-refractivity contribution in [2.75, 3.05) is 20.5 Å². The van der Waals surface area contributed by atoms with Crippen LogP contribution in [0, 0.1) is 0 Å². The van der Waals surface area contributed by atoms with Gasteiger partial charge in [-0.2, -0.15) is 0 Å². The van der Waals surface area contributed by atoms with E-state index in [1.807, 2.05) is 18.2 Å². The lowest BCUT2D eigenvalue weighted by atomic mass is 10.1. The Kier molecular flexibility index (Phi) is 5.78. The number of methoxy groups -OCH3 is 1. The van der Waals surface area contributed by atoms with E-state index in [9.17, 15) is 9.59 Å². The van der Waals surface area contributed by atoms with Crippen LogP contribution in [0.15, 0.2) is 40.9 Å². The van der Waals surface area contributed by atoms with Gasteiger partial charge in [0.25, 0.3) is 0 Å². The first-order chi connectivity index (χ1) is 12.6. The highest BCUT2D eigenvalue weighted by Gasteiger charge is 2.15. The van der Waals surface area contributed by atoms with E-state index in [2.05, 4.69) is 15.9 Å². The van der Waals surface area contributed by atoms with Gasteiger partial charge in [-0.25, -0.2) is 0 Å². The Morgan fingerprint density at radius 2 is 1.92 bits per heavy atom. The van der Waals surface area contributed by atoms with Gasteiger partial charge in [0.15, 0.2) is 23.9 Å². The van der Waals surface area contributed by atoms with Gasteiger partial charge in [0.1, 0.15) is 5.75 Å². The first kappa shape index (κ1) is 18.3. The molecular formula is C19H17BrO6. The fraction of sp³-hybridized carbons (Fsp3) is 0.263. The van der Waals surface area contributed by atoms with Crippen molar-refractivity contribution < 1.29 is 28.5 Å². The first-order valence-corrected chi connectivity index (χ1v) is 8.77. The molecule has 26 heavy (non-hydrogen) atoms. The van der Waals surface area contributed by atoms with Crippen LogP contribution in [0.5, 0.6) is 17.2 Å². The van der Waals surface area contributed by atoms with Crippen LogP contribution in [-0.4, -0.2) is 32.3 Å². The van der Waals surface area contributed by atoms with E-state index in [0.717, 1.165) is 5.56 Å². The van der Waals surface area contributed by atoms with E-state index in [0.29, 0.717) is 33.7 Å². The summed E-state index contributed by atoms with van der Waals surface area (Å²) in [4.78, 5) is 24.0. The molecule has 3 rings (SSSR count). The van der Waals surface area contributed by atoms with Crippen LogP contribution in [0.25, 0.3) is 0 Å². The van der Waals surface area contributed by atoms with E-state index in [4.69, 9.17) is 18.9 Å². The molecule has 0 unspecified atom stereocenters. The minimum Gasteiger partial charge on any atom is -0.496 e. The number of carbonyl (C=O) groups is 2. The van der Waals surface area contributed by atoms with Crippen molar-refractivity contribution in [2.24, 2.45) is 0 Å². The van der Waals surface area contributed by atoms with Crippen LogP contribution in [0.4, 0.5) is 0 Å². The highest BCUT2D eigenvalue weighted by Crippen LogP contribution is 2.32. The lowest BCUT2D eigenvalue weighted by Gasteiger charge is -2.07. The monoisotopic (exact) mass is 420 g/mol. The van der Waals surface area contributed by atoms with Crippen molar-refractivity contribution in [2.45, 2.75) is 12.8 Å². The number of halogens is 1. The molecule has 1 aliphatic heterocycles. The quantitative estimate of drug-likeness (QED) is 0.503. The van der Waals surface area contributed by atoms with Gasteiger partial charge in [-0.1, -0.05) is 6.07 Å². The molecule has 136 valence electrons. The second-order valence-corrected chi connectivity index (χ2v) is 6.48. The van der Waals surface area contributed by atoms with Gasteiger partial charge in [-0.05, 0) is 58.2 Å². The fourth-order valence-electron chi connectivity index (χ4n) is 2.48. The Bertz CT molecular complexity index is 833. The number of hydrogen-bond acceptors (Lipinski definition) is 6. The highest BCUT2D eigenvalue weighted by molar-refractivity contribution is 9.10. The number of carbonyl (C=O) groups excluding carboxylic acids is 2. The average Bonchev–Trinajstić information content (AvgIpc) is 3.12. The van der Waals surface area contributed by atoms with Crippen molar-refractivity contribution in [3.63, 3.8) is 0 Å². The molecule has 2 aromatic rings. The largest absolute Gasteiger partial charge is 0.496 e. The van der Waals surface area contributed by atoms with Crippen LogP contribution in [-0.2, 0) is 16.0 Å². The van der Waals surface area contributed by atoms with Gasteiger partial charge < -0.3 is 18.9 Å². The molecule has 0 saturated heterocycles. The van der Waals surface area contributed by atoms with Crippen LogP contribution >= 0.6 is 15.9 Å². The third kappa shape index (κ3) is 4.35. The average molecular weight is 421 g/mol. The van der Waals surface area contributed by atoms with Crippen molar-refractivity contribution in [1.29, 1.82) is 0 Å². The van der Waals surface area contributed by atoms with E-state index in [1.165, 1.54) is 0 Å². The van der Waals surface area contributed by atoms with Crippen molar-refractivity contribution in [3.8, 4) is 17.2 Å².